The van der Waals surface area contributed by atoms with Gasteiger partial charge in [0.2, 0.25) is 0 Å². The molecule has 2 aliphatic rings. The first-order chi connectivity index (χ1) is 16.3. The molecule has 3 rings (SSSR count). The van der Waals surface area contributed by atoms with E-state index in [0.29, 0.717) is 0 Å². The van der Waals surface area contributed by atoms with Crippen molar-refractivity contribution in [1.82, 2.24) is 0 Å². The summed E-state index contributed by atoms with van der Waals surface area (Å²) >= 11 is 0. The summed E-state index contributed by atoms with van der Waals surface area (Å²) in [6.45, 7) is 2.26. The molecule has 0 atom stereocenters. The first-order valence-corrected chi connectivity index (χ1v) is 14.1. The van der Waals surface area contributed by atoms with Gasteiger partial charge < -0.3 is 0 Å². The van der Waals surface area contributed by atoms with Gasteiger partial charge in [0.1, 0.15) is 0 Å². The molecule has 0 aliphatic heterocycles. The Labute approximate surface area is 204 Å². The molecule has 1 nitrogen and oxygen atoms in total. The van der Waals surface area contributed by atoms with Gasteiger partial charge in [-0.25, -0.2) is 0 Å². The summed E-state index contributed by atoms with van der Waals surface area (Å²) in [6.07, 6.45) is 30.0. The zero-order valence-corrected chi connectivity index (χ0v) is 21.2. The Kier molecular flexibility index (Phi) is 11.9. The molecule has 1 aromatic carbocycles. The van der Waals surface area contributed by atoms with Crippen LogP contribution in [0.25, 0.3) is 0 Å². The molecule has 1 aromatic rings. The van der Waals surface area contributed by atoms with Crippen LogP contribution >= 0.6 is 0 Å². The van der Waals surface area contributed by atoms with Gasteiger partial charge >= 0.3 is 0 Å². The first-order valence-electron chi connectivity index (χ1n) is 14.1. The molecule has 180 valence electrons. The third-order valence-electron chi connectivity index (χ3n) is 8.50. The summed E-state index contributed by atoms with van der Waals surface area (Å²) in [7, 11) is 0. The highest BCUT2D eigenvalue weighted by atomic mass is 14.4. The van der Waals surface area contributed by atoms with Crippen LogP contribution in [-0.2, 0) is 12.8 Å². The van der Waals surface area contributed by atoms with Crippen LogP contribution in [0.1, 0.15) is 108 Å². The summed E-state index contributed by atoms with van der Waals surface area (Å²) in [6, 6.07) is 11.4. The van der Waals surface area contributed by atoms with Crippen LogP contribution in [0.15, 0.2) is 48.6 Å². The predicted octanol–water partition coefficient (Wildman–Crippen LogP) is 9.38. The molecule has 2 aliphatic carbocycles. The van der Waals surface area contributed by atoms with Gasteiger partial charge in [-0.3, -0.25) is 0 Å². The molecule has 0 bridgehead atoms. The second-order valence-corrected chi connectivity index (χ2v) is 10.9. The van der Waals surface area contributed by atoms with Crippen LogP contribution in [0.4, 0.5) is 0 Å². The van der Waals surface area contributed by atoms with E-state index in [1.807, 2.05) is 18.2 Å². The molecule has 0 aromatic heterocycles. The van der Waals surface area contributed by atoms with E-state index in [-0.39, 0.29) is 0 Å². The third kappa shape index (κ3) is 9.52. The monoisotopic (exact) mass is 445 g/mol. The normalized spacial score (nSPS) is 26.1. The number of rotatable bonds is 12. The number of hydrogen-bond donors (Lipinski definition) is 0. The second kappa shape index (κ2) is 15.2. The van der Waals surface area contributed by atoms with E-state index in [9.17, 15) is 0 Å². The average molecular weight is 446 g/mol. The minimum atomic E-state index is 0.935. The van der Waals surface area contributed by atoms with Crippen molar-refractivity contribution in [3.8, 4) is 6.07 Å². The maximum absolute atomic E-state index is 8.51. The maximum Gasteiger partial charge on any atom is 0.0912 e. The Balaban J connectivity index is 1.23. The Morgan fingerprint density at radius 3 is 1.91 bits per heavy atom. The molecule has 0 saturated heterocycles. The van der Waals surface area contributed by atoms with Gasteiger partial charge in [0.25, 0.3) is 0 Å². The number of aryl methyl sites for hydroxylation is 2. The summed E-state index contributed by atoms with van der Waals surface area (Å²) in [5.74, 6) is 3.99. The standard InChI is InChI=1S/C32H47N/c1-2-10-27-14-16-28(17-15-27)12-7-8-13-30-20-24-32(25-21-30)31-22-18-29(19-23-31)11-6-4-3-5-9-26-33/h3-5,9,14-17,29-32H,2,6-8,10-13,18-25H2,1H3/b4-3+,9-5+. The largest absolute Gasteiger partial charge is 0.193 e. The molecule has 2 saturated carbocycles. The number of unbranched alkanes of at least 4 members (excludes halogenated alkanes) is 1. The van der Waals surface area contributed by atoms with E-state index in [0.717, 1.165) is 23.7 Å². The Morgan fingerprint density at radius 2 is 1.33 bits per heavy atom. The zero-order valence-electron chi connectivity index (χ0n) is 21.2. The fourth-order valence-electron chi connectivity index (χ4n) is 6.43. The second-order valence-electron chi connectivity index (χ2n) is 10.9. The van der Waals surface area contributed by atoms with Gasteiger partial charge in [-0.05, 0) is 92.6 Å². The number of nitriles is 1. The van der Waals surface area contributed by atoms with Gasteiger partial charge in [0.05, 0.1) is 6.07 Å². The smallest absolute Gasteiger partial charge is 0.0912 e. The number of allylic oxidation sites excluding steroid dienone is 4. The van der Waals surface area contributed by atoms with Crippen LogP contribution in [-0.4, -0.2) is 0 Å². The van der Waals surface area contributed by atoms with E-state index >= 15 is 0 Å². The summed E-state index contributed by atoms with van der Waals surface area (Å²) in [5.41, 5.74) is 3.02. The van der Waals surface area contributed by atoms with Crippen LogP contribution in [0.3, 0.4) is 0 Å². The summed E-state index contributed by atoms with van der Waals surface area (Å²) in [5, 5.41) is 8.51. The molecule has 0 radical (unpaired) electrons. The lowest BCUT2D eigenvalue weighted by Gasteiger charge is -2.38. The highest BCUT2D eigenvalue weighted by Gasteiger charge is 2.30. The lowest BCUT2D eigenvalue weighted by molar-refractivity contribution is 0.140. The van der Waals surface area contributed by atoms with Gasteiger partial charge in [-0.2, -0.15) is 5.26 Å². The summed E-state index contributed by atoms with van der Waals surface area (Å²) < 4.78 is 0. The number of nitrogens with zero attached hydrogens (tertiary/aromatic N) is 1. The van der Waals surface area contributed by atoms with Crippen LogP contribution in [0, 0.1) is 35.0 Å². The van der Waals surface area contributed by atoms with Gasteiger partial charge in [0.15, 0.2) is 0 Å². The molecule has 1 heteroatoms. The Morgan fingerprint density at radius 1 is 0.758 bits per heavy atom. The molecule has 2 fully saturated rings. The predicted molar refractivity (Wildman–Crippen MR) is 142 cm³/mol. The van der Waals surface area contributed by atoms with E-state index in [4.69, 9.17) is 5.26 Å². The molecule has 0 spiro atoms. The van der Waals surface area contributed by atoms with Gasteiger partial charge in [0, 0.05) is 6.08 Å². The average Bonchev–Trinajstić information content (AvgIpc) is 2.86. The molecule has 33 heavy (non-hydrogen) atoms. The van der Waals surface area contributed by atoms with Crippen molar-refractivity contribution in [2.75, 3.05) is 0 Å². The van der Waals surface area contributed by atoms with Crippen LogP contribution in [0.5, 0.6) is 0 Å². The van der Waals surface area contributed by atoms with Crippen molar-refractivity contribution < 1.29 is 0 Å². The molecule has 0 heterocycles. The molecule has 0 amide bonds. The Hall–Kier alpha value is -1.81. The molecular weight excluding hydrogens is 398 g/mol. The van der Waals surface area contributed by atoms with Crippen molar-refractivity contribution >= 4 is 0 Å². The van der Waals surface area contributed by atoms with Crippen molar-refractivity contribution in [1.29, 1.82) is 5.26 Å². The van der Waals surface area contributed by atoms with E-state index in [2.05, 4.69) is 37.3 Å². The minimum absolute atomic E-state index is 0.935. The molecular formula is C32H47N. The van der Waals surface area contributed by atoms with E-state index < -0.39 is 0 Å². The van der Waals surface area contributed by atoms with E-state index in [1.165, 1.54) is 114 Å². The highest BCUT2D eigenvalue weighted by molar-refractivity contribution is 5.22. The molecule has 0 unspecified atom stereocenters. The fourth-order valence-corrected chi connectivity index (χ4v) is 6.43. The van der Waals surface area contributed by atoms with Crippen molar-refractivity contribution in [3.63, 3.8) is 0 Å². The van der Waals surface area contributed by atoms with Gasteiger partial charge in [-0.1, -0.05) is 94.4 Å². The lowest BCUT2D eigenvalue weighted by Crippen LogP contribution is -2.25. The topological polar surface area (TPSA) is 23.8 Å². The van der Waals surface area contributed by atoms with E-state index in [1.54, 1.807) is 6.08 Å². The Bertz CT molecular complexity index is 734. The number of hydrogen-bond acceptors (Lipinski definition) is 1. The lowest BCUT2D eigenvalue weighted by atomic mass is 9.68. The number of benzene rings is 1. The zero-order chi connectivity index (χ0) is 23.1. The van der Waals surface area contributed by atoms with Gasteiger partial charge in [-0.15, -0.1) is 0 Å². The van der Waals surface area contributed by atoms with Crippen molar-refractivity contribution in [3.05, 3.63) is 59.7 Å². The highest BCUT2D eigenvalue weighted by Crippen LogP contribution is 2.43. The van der Waals surface area contributed by atoms with Crippen molar-refractivity contribution in [2.24, 2.45) is 23.7 Å². The maximum atomic E-state index is 8.51. The third-order valence-corrected chi connectivity index (χ3v) is 8.50. The minimum Gasteiger partial charge on any atom is -0.193 e. The molecule has 0 N–H and O–H groups in total. The quantitative estimate of drug-likeness (QED) is 0.178. The SMILES string of the molecule is CCCc1ccc(CCCCC2CCC(C3CCC(CC/C=C/C=C/C#N)CC3)CC2)cc1. The van der Waals surface area contributed by atoms with Crippen molar-refractivity contribution in [2.45, 2.75) is 110 Å². The van der Waals surface area contributed by atoms with Crippen LogP contribution in [0.2, 0.25) is 0 Å². The van der Waals surface area contributed by atoms with Crippen LogP contribution < -0.4 is 0 Å². The summed E-state index contributed by atoms with van der Waals surface area (Å²) in [4.78, 5) is 0. The fraction of sp³-hybridized carbons (Fsp3) is 0.656. The first kappa shape index (κ1) is 25.8.